The zero-order valence-electron chi connectivity index (χ0n) is 14.3. The molecule has 5 heteroatoms. The number of carbonyl (C=O) groups is 2. The van der Waals surface area contributed by atoms with Crippen molar-refractivity contribution in [3.63, 3.8) is 0 Å². The second kappa shape index (κ2) is 9.77. The van der Waals surface area contributed by atoms with Crippen molar-refractivity contribution in [2.75, 3.05) is 0 Å². The molecule has 112 valence electrons. The van der Waals surface area contributed by atoms with Crippen LogP contribution in [0.4, 0.5) is 0 Å². The zero-order valence-corrected chi connectivity index (χ0v) is 15.3. The average Bonchev–Trinajstić information content (AvgIpc) is 2.37. The Labute approximate surface area is 149 Å². The van der Waals surface area contributed by atoms with E-state index in [0.29, 0.717) is 0 Å². The number of hydrogen-bond donors (Lipinski definition) is 2. The molecule has 0 aromatic rings. The van der Waals surface area contributed by atoms with E-state index in [1.807, 2.05) is 0 Å². The summed E-state index contributed by atoms with van der Waals surface area (Å²) in [4.78, 5) is 23.7. The summed E-state index contributed by atoms with van der Waals surface area (Å²) in [6, 6.07) is 0. The molecule has 0 aliphatic heterocycles. The van der Waals surface area contributed by atoms with Gasteiger partial charge in [-0.15, -0.1) is 0 Å². The summed E-state index contributed by atoms with van der Waals surface area (Å²) in [5.74, 6) is -2.43. The minimum atomic E-state index is -1.68. The summed E-state index contributed by atoms with van der Waals surface area (Å²) in [6.45, 7) is 6.66. The van der Waals surface area contributed by atoms with Crippen molar-refractivity contribution >= 4 is 11.9 Å². The van der Waals surface area contributed by atoms with Crippen LogP contribution in [0.2, 0.25) is 0 Å². The summed E-state index contributed by atoms with van der Waals surface area (Å²) in [7, 11) is 0. The minimum Gasteiger partial charge on any atom is -1.00 e. The fraction of sp³-hybridized carbons (Fsp3) is 0.375. The molecule has 21 heavy (non-hydrogen) atoms. The van der Waals surface area contributed by atoms with E-state index in [2.05, 4.69) is 0 Å². The molecule has 0 unspecified atom stereocenters. The number of rotatable bonds is 7. The predicted octanol–water partition coefficient (Wildman–Crippen LogP) is 0.549. The summed E-state index contributed by atoms with van der Waals surface area (Å²) < 4.78 is 0. The van der Waals surface area contributed by atoms with Crippen LogP contribution in [0, 0.1) is 10.8 Å². The van der Waals surface area contributed by atoms with Crippen molar-refractivity contribution in [3.05, 3.63) is 48.6 Å². The number of carboxylic acid groups (broad SMARTS) is 2. The Bertz CT molecular complexity index is 411. The van der Waals surface area contributed by atoms with Crippen LogP contribution in [0.1, 0.15) is 29.1 Å². The Morgan fingerprint density at radius 2 is 0.905 bits per heavy atom. The van der Waals surface area contributed by atoms with Crippen molar-refractivity contribution < 1.29 is 50.8 Å². The molecule has 0 aromatic carbocycles. The first kappa shape index (κ1) is 22.2. The van der Waals surface area contributed by atoms with E-state index in [1.54, 1.807) is 52.0 Å². The van der Waals surface area contributed by atoms with Crippen molar-refractivity contribution in [2.24, 2.45) is 10.8 Å². The quantitative estimate of drug-likeness (QED) is 0.532. The van der Waals surface area contributed by atoms with E-state index in [-0.39, 0.29) is 31.0 Å². The van der Waals surface area contributed by atoms with Gasteiger partial charge in [-0.3, -0.25) is 9.59 Å². The maximum absolute atomic E-state index is 11.9. The standard InChI is InChI=1S/C16H22O4.Na.H/c1-5-9-15(10-6-2,13(17)18)16(11-7-3,12-8-4)14(19)20;;/h5-12H,1-4H3,(H,17,18)(H,19,20);;/q;+1;-1. The first-order chi connectivity index (χ1) is 9.38. The van der Waals surface area contributed by atoms with Crippen LogP contribution in [0.3, 0.4) is 0 Å². The van der Waals surface area contributed by atoms with Gasteiger partial charge in [0.15, 0.2) is 0 Å². The van der Waals surface area contributed by atoms with Crippen LogP contribution < -0.4 is 29.6 Å². The normalized spacial score (nSPS) is 17.9. The molecule has 0 fully saturated rings. The molecule has 0 spiro atoms. The van der Waals surface area contributed by atoms with Gasteiger partial charge in [-0.2, -0.15) is 0 Å². The third-order valence-corrected chi connectivity index (χ3v) is 3.11. The van der Waals surface area contributed by atoms with Crippen molar-refractivity contribution in [3.8, 4) is 0 Å². The molecule has 0 aliphatic rings. The molecule has 0 heterocycles. The number of carboxylic acids is 2. The van der Waals surface area contributed by atoms with E-state index in [9.17, 15) is 19.8 Å². The number of allylic oxidation sites excluding steroid dienone is 4. The van der Waals surface area contributed by atoms with Crippen molar-refractivity contribution in [1.82, 2.24) is 0 Å². The van der Waals surface area contributed by atoms with Gasteiger partial charge in [-0.05, 0) is 27.7 Å². The van der Waals surface area contributed by atoms with Gasteiger partial charge >= 0.3 is 41.5 Å². The van der Waals surface area contributed by atoms with Gasteiger partial charge in [0.05, 0.1) is 0 Å². The zero-order chi connectivity index (χ0) is 15.8. The molecule has 0 saturated carbocycles. The summed E-state index contributed by atoms with van der Waals surface area (Å²) in [5, 5.41) is 19.4. The summed E-state index contributed by atoms with van der Waals surface area (Å²) >= 11 is 0. The molecule has 4 nitrogen and oxygen atoms in total. The maximum Gasteiger partial charge on any atom is 1.00 e. The smallest absolute Gasteiger partial charge is 1.00 e. The number of hydrogen-bond acceptors (Lipinski definition) is 2. The van der Waals surface area contributed by atoms with Crippen LogP contribution in [-0.2, 0) is 9.59 Å². The molecule has 0 radical (unpaired) electrons. The van der Waals surface area contributed by atoms with Crippen LogP contribution in [0.25, 0.3) is 0 Å². The van der Waals surface area contributed by atoms with Gasteiger partial charge in [0.1, 0.15) is 10.8 Å². The van der Waals surface area contributed by atoms with Gasteiger partial charge in [0, 0.05) is 0 Å². The Hall–Kier alpha value is -1.10. The van der Waals surface area contributed by atoms with Crippen LogP contribution >= 0.6 is 0 Å². The molecule has 2 N–H and O–H groups in total. The first-order valence-electron chi connectivity index (χ1n) is 6.40. The fourth-order valence-electron chi connectivity index (χ4n) is 2.35. The molecule has 0 rings (SSSR count). The second-order valence-electron chi connectivity index (χ2n) is 4.35. The molecule has 0 aromatic heterocycles. The average molecular weight is 302 g/mol. The Morgan fingerprint density at radius 3 is 1.00 bits per heavy atom. The first-order valence-corrected chi connectivity index (χ1v) is 6.40. The topological polar surface area (TPSA) is 74.6 Å². The van der Waals surface area contributed by atoms with E-state index >= 15 is 0 Å². The Morgan fingerprint density at radius 1 is 0.714 bits per heavy atom. The van der Waals surface area contributed by atoms with Gasteiger partial charge in [-0.25, -0.2) is 0 Å². The summed E-state index contributed by atoms with van der Waals surface area (Å²) in [5.41, 5.74) is -3.36. The predicted molar refractivity (Wildman–Crippen MR) is 80.5 cm³/mol. The largest absolute Gasteiger partial charge is 1.00 e. The van der Waals surface area contributed by atoms with Crippen molar-refractivity contribution in [2.45, 2.75) is 27.7 Å². The SMILES string of the molecule is CC=CC(C=CC)(C(=O)O)C(C=CC)(C=CC)C(=O)O.[H-].[Na+]. The monoisotopic (exact) mass is 302 g/mol. The Balaban J connectivity index is -0.00000180. The summed E-state index contributed by atoms with van der Waals surface area (Å²) in [6.07, 6.45) is 11.8. The van der Waals surface area contributed by atoms with Crippen LogP contribution in [0.5, 0.6) is 0 Å². The van der Waals surface area contributed by atoms with Gasteiger partial charge < -0.3 is 11.6 Å². The van der Waals surface area contributed by atoms with Gasteiger partial charge in [-0.1, -0.05) is 48.6 Å². The Kier molecular flexibility index (Phi) is 10.3. The van der Waals surface area contributed by atoms with Crippen LogP contribution in [0.15, 0.2) is 48.6 Å². The second-order valence-corrected chi connectivity index (χ2v) is 4.35. The molecule has 0 bridgehead atoms. The van der Waals surface area contributed by atoms with E-state index in [4.69, 9.17) is 0 Å². The molecular formula is C16H23NaO4. The number of aliphatic carboxylic acids is 2. The molecule has 0 saturated heterocycles. The molecule has 0 aliphatic carbocycles. The van der Waals surface area contributed by atoms with E-state index in [1.165, 1.54) is 24.3 Å². The van der Waals surface area contributed by atoms with E-state index < -0.39 is 22.8 Å². The van der Waals surface area contributed by atoms with Crippen molar-refractivity contribution in [1.29, 1.82) is 0 Å². The van der Waals surface area contributed by atoms with Gasteiger partial charge in [0.25, 0.3) is 0 Å². The third kappa shape index (κ3) is 4.19. The maximum atomic E-state index is 11.9. The fourth-order valence-corrected chi connectivity index (χ4v) is 2.35. The van der Waals surface area contributed by atoms with Crippen LogP contribution in [-0.4, -0.2) is 22.2 Å². The molecular weight excluding hydrogens is 279 g/mol. The molecule has 0 atom stereocenters. The minimum absolute atomic E-state index is 0. The third-order valence-electron chi connectivity index (χ3n) is 3.11. The van der Waals surface area contributed by atoms with Gasteiger partial charge in [0.2, 0.25) is 0 Å². The molecule has 0 amide bonds. The van der Waals surface area contributed by atoms with E-state index in [0.717, 1.165) is 0 Å².